The van der Waals surface area contributed by atoms with Gasteiger partial charge in [-0.2, -0.15) is 0 Å². The van der Waals surface area contributed by atoms with Crippen molar-refractivity contribution in [1.82, 2.24) is 5.32 Å². The predicted molar refractivity (Wildman–Crippen MR) is 138 cm³/mol. The van der Waals surface area contributed by atoms with E-state index in [4.69, 9.17) is 9.84 Å². The topological polar surface area (TPSA) is 105 Å². The number of nitrogens with one attached hydrogen (secondary N) is 2. The molecular formula is C29H34N2O5. The molecule has 2 aliphatic rings. The fourth-order valence-corrected chi connectivity index (χ4v) is 5.24. The first-order chi connectivity index (χ1) is 17.5. The first kappa shape index (κ1) is 25.6. The molecule has 36 heavy (non-hydrogen) atoms. The van der Waals surface area contributed by atoms with E-state index in [1.807, 2.05) is 60.7 Å². The highest BCUT2D eigenvalue weighted by atomic mass is 16.5. The number of carbonyl (C=O) groups is 3. The smallest absolute Gasteiger partial charge is 0.303 e. The van der Waals surface area contributed by atoms with Crippen molar-refractivity contribution in [2.45, 2.75) is 57.2 Å². The Labute approximate surface area is 211 Å². The van der Waals surface area contributed by atoms with E-state index in [9.17, 15) is 14.4 Å². The Balaban J connectivity index is 1.20. The maximum atomic E-state index is 12.5. The molecule has 7 nitrogen and oxygen atoms in total. The Bertz CT molecular complexity index is 1070. The zero-order valence-corrected chi connectivity index (χ0v) is 20.4. The van der Waals surface area contributed by atoms with Crippen LogP contribution in [0.1, 0.15) is 44.9 Å². The van der Waals surface area contributed by atoms with Crippen molar-refractivity contribution in [2.24, 2.45) is 11.8 Å². The average Bonchev–Trinajstić information content (AvgIpc) is 3.47. The van der Waals surface area contributed by atoms with Gasteiger partial charge >= 0.3 is 5.97 Å². The number of hydrogen-bond acceptors (Lipinski definition) is 4. The van der Waals surface area contributed by atoms with Gasteiger partial charge in [-0.3, -0.25) is 14.4 Å². The van der Waals surface area contributed by atoms with Gasteiger partial charge in [0, 0.05) is 24.6 Å². The van der Waals surface area contributed by atoms with Crippen molar-refractivity contribution in [3.05, 3.63) is 66.7 Å². The van der Waals surface area contributed by atoms with Crippen molar-refractivity contribution in [3.8, 4) is 11.1 Å². The first-order valence-corrected chi connectivity index (χ1v) is 12.7. The molecule has 2 aliphatic heterocycles. The number of aliphatic carboxylic acids is 1. The zero-order valence-electron chi connectivity index (χ0n) is 20.4. The van der Waals surface area contributed by atoms with Gasteiger partial charge in [0.2, 0.25) is 11.8 Å². The van der Waals surface area contributed by atoms with Crippen LogP contribution in [0.5, 0.6) is 0 Å². The summed E-state index contributed by atoms with van der Waals surface area (Å²) in [5, 5.41) is 14.5. The summed E-state index contributed by atoms with van der Waals surface area (Å²) in [5.41, 5.74) is 2.82. The summed E-state index contributed by atoms with van der Waals surface area (Å²) in [6, 6.07) is 17.6. The Morgan fingerprint density at radius 3 is 2.31 bits per heavy atom. The van der Waals surface area contributed by atoms with E-state index >= 15 is 0 Å². The largest absolute Gasteiger partial charge is 0.481 e. The minimum Gasteiger partial charge on any atom is -0.481 e. The molecule has 2 saturated heterocycles. The second-order valence-electron chi connectivity index (χ2n) is 9.58. The van der Waals surface area contributed by atoms with Crippen LogP contribution in [0.3, 0.4) is 0 Å². The number of carboxylic acid groups (broad SMARTS) is 1. The second kappa shape index (κ2) is 12.5. The summed E-state index contributed by atoms with van der Waals surface area (Å²) < 4.78 is 6.10. The number of fused-ring (bicyclic) bond motifs is 2. The minimum atomic E-state index is -0.768. The average molecular weight is 491 g/mol. The summed E-state index contributed by atoms with van der Waals surface area (Å²) in [7, 11) is 0. The molecule has 0 radical (unpaired) electrons. The van der Waals surface area contributed by atoms with Crippen molar-refractivity contribution in [1.29, 1.82) is 0 Å². The Morgan fingerprint density at radius 1 is 0.889 bits per heavy atom. The minimum absolute atomic E-state index is 0.151. The molecule has 2 amide bonds. The van der Waals surface area contributed by atoms with E-state index in [0.29, 0.717) is 24.6 Å². The number of carboxylic acids is 1. The van der Waals surface area contributed by atoms with Crippen LogP contribution in [0.25, 0.3) is 11.1 Å². The van der Waals surface area contributed by atoms with Crippen LogP contribution in [0, 0.1) is 11.8 Å². The molecule has 2 heterocycles. The van der Waals surface area contributed by atoms with Crippen LogP contribution in [-0.2, 0) is 19.1 Å². The number of amides is 2. The van der Waals surface area contributed by atoms with Gasteiger partial charge in [0.05, 0.1) is 12.2 Å². The molecule has 0 spiro atoms. The Kier molecular flexibility index (Phi) is 8.90. The van der Waals surface area contributed by atoms with Gasteiger partial charge in [-0.25, -0.2) is 0 Å². The van der Waals surface area contributed by atoms with Crippen LogP contribution >= 0.6 is 0 Å². The van der Waals surface area contributed by atoms with E-state index in [2.05, 4.69) is 16.7 Å². The Hall–Kier alpha value is -3.45. The fraction of sp³-hybridized carbons (Fsp3) is 0.414. The van der Waals surface area contributed by atoms with E-state index in [1.54, 1.807) is 0 Å². The monoisotopic (exact) mass is 490 g/mol. The molecule has 190 valence electrons. The number of anilines is 1. The second-order valence-corrected chi connectivity index (χ2v) is 9.58. The summed E-state index contributed by atoms with van der Waals surface area (Å²) in [6.07, 6.45) is 8.76. The summed E-state index contributed by atoms with van der Waals surface area (Å²) >= 11 is 0. The lowest BCUT2D eigenvalue weighted by molar-refractivity contribution is -0.137. The van der Waals surface area contributed by atoms with Gasteiger partial charge in [-0.1, -0.05) is 54.6 Å². The third-order valence-corrected chi connectivity index (χ3v) is 7.06. The lowest BCUT2D eigenvalue weighted by Crippen LogP contribution is -2.39. The molecule has 7 heteroatoms. The van der Waals surface area contributed by atoms with E-state index in [0.717, 1.165) is 36.8 Å². The standard InChI is InChI=1S/C29H34N2O5/c32-27(18-28(33)31-22-14-12-21(13-15-22)20-8-4-3-5-9-20)30-19-24-23(25-16-17-26(24)36-25)10-6-1-2-7-11-29(34)35/h1,3-6,8-9,12-15,23-26H,2,7,10-11,16-19H2,(H,30,32)(H,31,33)(H,34,35)/t23-,24+,25-,26+/m1/s1. The lowest BCUT2D eigenvalue weighted by Gasteiger charge is -2.27. The van der Waals surface area contributed by atoms with Gasteiger partial charge < -0.3 is 20.5 Å². The number of allylic oxidation sites excluding steroid dienone is 2. The van der Waals surface area contributed by atoms with Gasteiger partial charge in [-0.15, -0.1) is 0 Å². The molecule has 4 rings (SSSR count). The molecule has 2 aromatic carbocycles. The maximum absolute atomic E-state index is 12.5. The zero-order chi connectivity index (χ0) is 25.3. The highest BCUT2D eigenvalue weighted by Gasteiger charge is 2.48. The first-order valence-electron chi connectivity index (χ1n) is 12.7. The molecule has 0 saturated carbocycles. The predicted octanol–water partition coefficient (Wildman–Crippen LogP) is 4.79. The van der Waals surface area contributed by atoms with Crippen LogP contribution in [0.2, 0.25) is 0 Å². The lowest BCUT2D eigenvalue weighted by atomic mass is 9.77. The molecule has 0 unspecified atom stereocenters. The normalized spacial score (nSPS) is 22.6. The molecule has 3 N–H and O–H groups in total. The maximum Gasteiger partial charge on any atom is 0.303 e. The number of unbranched alkanes of at least 4 members (excludes halogenated alkanes) is 1. The summed E-state index contributed by atoms with van der Waals surface area (Å²) in [4.78, 5) is 35.5. The van der Waals surface area contributed by atoms with Gasteiger partial charge in [0.15, 0.2) is 0 Å². The number of ether oxygens (including phenoxy) is 1. The number of benzene rings is 2. The Morgan fingerprint density at radius 2 is 1.58 bits per heavy atom. The SMILES string of the molecule is O=C(O)CCCC=CC[C@@H]1[C@H](CNC(=O)CC(=O)Nc2ccc(-c3ccccc3)cc2)[C@@H]2CC[C@H]1O2. The molecule has 2 fully saturated rings. The number of carbonyl (C=O) groups excluding carboxylic acids is 2. The third-order valence-electron chi connectivity index (χ3n) is 7.06. The van der Waals surface area contributed by atoms with E-state index in [1.165, 1.54) is 0 Å². The fourth-order valence-electron chi connectivity index (χ4n) is 5.24. The van der Waals surface area contributed by atoms with Crippen LogP contribution in [0.15, 0.2) is 66.7 Å². The molecule has 0 aromatic heterocycles. The van der Waals surface area contributed by atoms with Crippen molar-refractivity contribution in [2.75, 3.05) is 11.9 Å². The molecule has 2 aromatic rings. The third kappa shape index (κ3) is 7.04. The van der Waals surface area contributed by atoms with Gasteiger partial charge in [0.25, 0.3) is 0 Å². The van der Waals surface area contributed by atoms with Crippen LogP contribution in [0.4, 0.5) is 5.69 Å². The van der Waals surface area contributed by atoms with Crippen molar-refractivity contribution in [3.63, 3.8) is 0 Å². The van der Waals surface area contributed by atoms with E-state index < -0.39 is 5.97 Å². The van der Waals surface area contributed by atoms with Gasteiger partial charge in [-0.05, 0) is 61.3 Å². The van der Waals surface area contributed by atoms with Gasteiger partial charge in [0.1, 0.15) is 6.42 Å². The summed E-state index contributed by atoms with van der Waals surface area (Å²) in [5.74, 6) is -0.846. The van der Waals surface area contributed by atoms with Crippen LogP contribution < -0.4 is 10.6 Å². The quantitative estimate of drug-likeness (QED) is 0.225. The van der Waals surface area contributed by atoms with Crippen molar-refractivity contribution < 1.29 is 24.2 Å². The molecular weight excluding hydrogens is 456 g/mol. The van der Waals surface area contributed by atoms with Crippen LogP contribution in [-0.4, -0.2) is 41.6 Å². The molecule has 0 aliphatic carbocycles. The molecule has 4 atom stereocenters. The summed E-state index contributed by atoms with van der Waals surface area (Å²) in [6.45, 7) is 0.497. The molecule has 2 bridgehead atoms. The number of rotatable bonds is 12. The highest BCUT2D eigenvalue weighted by molar-refractivity contribution is 6.03. The highest BCUT2D eigenvalue weighted by Crippen LogP contribution is 2.44. The van der Waals surface area contributed by atoms with Crippen molar-refractivity contribution >= 4 is 23.5 Å². The van der Waals surface area contributed by atoms with E-state index in [-0.39, 0.29) is 42.8 Å². The number of hydrogen-bond donors (Lipinski definition) is 3.